The lowest BCUT2D eigenvalue weighted by atomic mass is 9.85. The van der Waals surface area contributed by atoms with Crippen LogP contribution in [-0.2, 0) is 14.4 Å². The molecule has 1 aliphatic carbocycles. The Morgan fingerprint density at radius 1 is 0.923 bits per heavy atom. The standard InChI is InChI=1S/C31H31ClN4O3/c32-23-10-7-11-24(18-23)33-28(37)20-35-21-36(25-12-5-2-6-13-25)31(30(35)39)14-16-34(17-15-31)29(38)27-19-26(27)22-8-3-1-4-9-22/h1-13,18,26-27H,14-17,19-21H2,(H,33,37)/t26-,27?/m0/s1. The van der Waals surface area contributed by atoms with Gasteiger partial charge in [-0.15, -0.1) is 0 Å². The Kier molecular flexibility index (Phi) is 6.77. The molecule has 0 aromatic heterocycles. The SMILES string of the molecule is O=C(CN1CN(c2ccccc2)C2(CCN(C(=O)C3C[C@H]3c3ccccc3)CC2)C1=O)Nc1cccc(Cl)c1. The van der Waals surface area contributed by atoms with Crippen molar-refractivity contribution in [3.05, 3.63) is 95.5 Å². The molecule has 3 aromatic rings. The molecule has 39 heavy (non-hydrogen) atoms. The molecule has 2 aliphatic heterocycles. The van der Waals surface area contributed by atoms with Crippen LogP contribution in [0.15, 0.2) is 84.9 Å². The van der Waals surface area contributed by atoms with E-state index in [0.29, 0.717) is 43.3 Å². The number of halogens is 1. The highest BCUT2D eigenvalue weighted by Crippen LogP contribution is 2.49. The molecule has 7 nitrogen and oxygen atoms in total. The quantitative estimate of drug-likeness (QED) is 0.488. The number of hydrogen-bond acceptors (Lipinski definition) is 4. The Labute approximate surface area is 233 Å². The molecule has 2 atom stereocenters. The van der Waals surface area contributed by atoms with Crippen LogP contribution in [0, 0.1) is 5.92 Å². The summed E-state index contributed by atoms with van der Waals surface area (Å²) in [7, 11) is 0. The number of carbonyl (C=O) groups excluding carboxylic acids is 3. The van der Waals surface area contributed by atoms with E-state index in [9.17, 15) is 14.4 Å². The fraction of sp³-hybridized carbons (Fsp3) is 0.323. The number of likely N-dealkylation sites (tertiary alicyclic amines) is 1. The predicted molar refractivity (Wildman–Crippen MR) is 151 cm³/mol. The van der Waals surface area contributed by atoms with Gasteiger partial charge < -0.3 is 20.0 Å². The predicted octanol–water partition coefficient (Wildman–Crippen LogP) is 4.75. The first kappa shape index (κ1) is 25.4. The Morgan fingerprint density at radius 2 is 1.62 bits per heavy atom. The van der Waals surface area contributed by atoms with E-state index in [1.165, 1.54) is 5.56 Å². The molecule has 200 valence electrons. The Morgan fingerprint density at radius 3 is 2.31 bits per heavy atom. The molecular formula is C31H31ClN4O3. The zero-order valence-electron chi connectivity index (χ0n) is 21.6. The minimum absolute atomic E-state index is 0.0256. The van der Waals surface area contributed by atoms with Gasteiger partial charge in [-0.1, -0.05) is 66.2 Å². The van der Waals surface area contributed by atoms with Gasteiger partial charge >= 0.3 is 0 Å². The summed E-state index contributed by atoms with van der Waals surface area (Å²) in [5.74, 6) is 0.167. The molecule has 3 fully saturated rings. The summed E-state index contributed by atoms with van der Waals surface area (Å²) in [6.07, 6.45) is 1.94. The molecule has 1 spiro atoms. The van der Waals surface area contributed by atoms with Gasteiger partial charge in [0, 0.05) is 35.4 Å². The van der Waals surface area contributed by atoms with E-state index >= 15 is 0 Å². The van der Waals surface area contributed by atoms with Crippen molar-refractivity contribution in [3.63, 3.8) is 0 Å². The normalized spacial score (nSPS) is 21.8. The van der Waals surface area contributed by atoms with Crippen LogP contribution in [0.1, 0.15) is 30.7 Å². The van der Waals surface area contributed by atoms with Crippen LogP contribution in [-0.4, -0.2) is 59.4 Å². The third-order valence-electron chi connectivity index (χ3n) is 8.26. The van der Waals surface area contributed by atoms with Crippen LogP contribution in [0.3, 0.4) is 0 Å². The summed E-state index contributed by atoms with van der Waals surface area (Å²) < 4.78 is 0. The van der Waals surface area contributed by atoms with Gasteiger partial charge in [0.05, 0.1) is 6.67 Å². The van der Waals surface area contributed by atoms with Crippen molar-refractivity contribution in [3.8, 4) is 0 Å². The van der Waals surface area contributed by atoms with Gasteiger partial charge in [-0.2, -0.15) is 0 Å². The first-order valence-corrected chi connectivity index (χ1v) is 13.8. The molecule has 8 heteroatoms. The van der Waals surface area contributed by atoms with Crippen LogP contribution < -0.4 is 10.2 Å². The third kappa shape index (κ3) is 4.99. The molecule has 2 heterocycles. The second-order valence-corrected chi connectivity index (χ2v) is 11.1. The van der Waals surface area contributed by atoms with E-state index in [-0.39, 0.29) is 36.1 Å². The van der Waals surface area contributed by atoms with Crippen molar-refractivity contribution in [2.45, 2.75) is 30.7 Å². The van der Waals surface area contributed by atoms with E-state index in [0.717, 1.165) is 12.1 Å². The molecule has 0 bridgehead atoms. The number of para-hydroxylation sites is 1. The number of hydrogen-bond donors (Lipinski definition) is 1. The highest BCUT2D eigenvalue weighted by molar-refractivity contribution is 6.30. The second-order valence-electron chi connectivity index (χ2n) is 10.7. The van der Waals surface area contributed by atoms with E-state index in [4.69, 9.17) is 11.6 Å². The van der Waals surface area contributed by atoms with Crippen LogP contribution in [0.2, 0.25) is 5.02 Å². The van der Waals surface area contributed by atoms with Crippen LogP contribution >= 0.6 is 11.6 Å². The molecule has 3 aromatic carbocycles. The molecule has 3 amide bonds. The van der Waals surface area contributed by atoms with Gasteiger partial charge in [0.25, 0.3) is 5.91 Å². The number of nitrogens with zero attached hydrogens (tertiary/aromatic N) is 3. The average Bonchev–Trinajstić information content (AvgIpc) is 3.72. The zero-order valence-corrected chi connectivity index (χ0v) is 22.4. The molecule has 3 aliphatic rings. The van der Waals surface area contributed by atoms with Crippen molar-refractivity contribution in [1.29, 1.82) is 0 Å². The molecular weight excluding hydrogens is 512 g/mol. The van der Waals surface area contributed by atoms with Gasteiger partial charge in [0.2, 0.25) is 11.8 Å². The van der Waals surface area contributed by atoms with Crippen molar-refractivity contribution >= 4 is 40.7 Å². The lowest BCUT2D eigenvalue weighted by molar-refractivity contribution is -0.140. The molecule has 1 unspecified atom stereocenters. The lowest BCUT2D eigenvalue weighted by Crippen LogP contribution is -2.57. The van der Waals surface area contributed by atoms with Crippen molar-refractivity contribution in [2.24, 2.45) is 5.92 Å². The number of anilines is 2. The van der Waals surface area contributed by atoms with E-state index in [2.05, 4.69) is 22.3 Å². The largest absolute Gasteiger partial charge is 0.342 e. The Bertz CT molecular complexity index is 1370. The summed E-state index contributed by atoms with van der Waals surface area (Å²) in [5.41, 5.74) is 1.97. The molecule has 1 saturated carbocycles. The van der Waals surface area contributed by atoms with E-state index < -0.39 is 5.54 Å². The van der Waals surface area contributed by atoms with Gasteiger partial charge in [0.1, 0.15) is 12.1 Å². The summed E-state index contributed by atoms with van der Waals surface area (Å²) in [6, 6.07) is 27.0. The number of nitrogens with one attached hydrogen (secondary N) is 1. The first-order chi connectivity index (χ1) is 18.9. The fourth-order valence-corrected chi connectivity index (χ4v) is 6.32. The second kappa shape index (κ2) is 10.4. The zero-order chi connectivity index (χ0) is 27.0. The molecule has 0 radical (unpaired) electrons. The summed E-state index contributed by atoms with van der Waals surface area (Å²) >= 11 is 6.05. The summed E-state index contributed by atoms with van der Waals surface area (Å²) in [6.45, 7) is 1.31. The number of piperidine rings is 1. The van der Waals surface area contributed by atoms with Crippen LogP contribution in [0.5, 0.6) is 0 Å². The smallest absolute Gasteiger partial charge is 0.250 e. The van der Waals surface area contributed by atoms with Crippen LogP contribution in [0.4, 0.5) is 11.4 Å². The van der Waals surface area contributed by atoms with Crippen molar-refractivity contribution in [2.75, 3.05) is 36.5 Å². The maximum absolute atomic E-state index is 13.9. The Hall–Kier alpha value is -3.84. The molecule has 6 rings (SSSR count). The molecule has 1 N–H and O–H groups in total. The highest BCUT2D eigenvalue weighted by Gasteiger charge is 2.55. The number of benzene rings is 3. The average molecular weight is 543 g/mol. The van der Waals surface area contributed by atoms with Crippen LogP contribution in [0.25, 0.3) is 0 Å². The topological polar surface area (TPSA) is 73.0 Å². The summed E-state index contributed by atoms with van der Waals surface area (Å²) in [4.78, 5) is 45.9. The highest BCUT2D eigenvalue weighted by atomic mass is 35.5. The molecule has 2 saturated heterocycles. The summed E-state index contributed by atoms with van der Waals surface area (Å²) in [5, 5.41) is 3.38. The monoisotopic (exact) mass is 542 g/mol. The first-order valence-electron chi connectivity index (χ1n) is 13.5. The fourth-order valence-electron chi connectivity index (χ4n) is 6.13. The maximum Gasteiger partial charge on any atom is 0.250 e. The lowest BCUT2D eigenvalue weighted by Gasteiger charge is -2.43. The van der Waals surface area contributed by atoms with Gasteiger partial charge in [-0.25, -0.2) is 0 Å². The minimum Gasteiger partial charge on any atom is -0.342 e. The van der Waals surface area contributed by atoms with Crippen molar-refractivity contribution in [1.82, 2.24) is 9.80 Å². The van der Waals surface area contributed by atoms with E-state index in [1.54, 1.807) is 29.2 Å². The van der Waals surface area contributed by atoms with Gasteiger partial charge in [0.15, 0.2) is 0 Å². The number of rotatable bonds is 6. The van der Waals surface area contributed by atoms with Gasteiger partial charge in [-0.3, -0.25) is 14.4 Å². The van der Waals surface area contributed by atoms with E-state index in [1.807, 2.05) is 53.4 Å². The number of carbonyl (C=O) groups is 3. The minimum atomic E-state index is -0.781. The number of amides is 3. The van der Waals surface area contributed by atoms with Crippen molar-refractivity contribution < 1.29 is 14.4 Å². The Balaban J connectivity index is 1.16. The maximum atomic E-state index is 13.9. The third-order valence-corrected chi connectivity index (χ3v) is 8.50. The van der Waals surface area contributed by atoms with Gasteiger partial charge in [-0.05, 0) is 61.1 Å².